The number of morpholine rings is 1. The summed E-state index contributed by atoms with van der Waals surface area (Å²) < 4.78 is 12.3. The zero-order chi connectivity index (χ0) is 23.9. The number of ether oxygens (including phenoxy) is 2. The first-order valence-electron chi connectivity index (χ1n) is 11.5. The number of hydrogen-bond acceptors (Lipinski definition) is 6. The lowest BCUT2D eigenvalue weighted by Crippen LogP contribution is -2.43. The van der Waals surface area contributed by atoms with E-state index in [2.05, 4.69) is 40.7 Å². The lowest BCUT2D eigenvalue weighted by Gasteiger charge is -2.30. The Balaban J connectivity index is 1.42. The molecule has 6 nitrogen and oxygen atoms in total. The van der Waals surface area contributed by atoms with Crippen molar-refractivity contribution < 1.29 is 14.3 Å². The van der Waals surface area contributed by atoms with Gasteiger partial charge in [0.2, 0.25) is 0 Å². The molecule has 0 aliphatic carbocycles. The van der Waals surface area contributed by atoms with Gasteiger partial charge in [-0.2, -0.15) is 0 Å². The lowest BCUT2D eigenvalue weighted by atomic mass is 10.1. The van der Waals surface area contributed by atoms with Crippen LogP contribution in [-0.2, 0) is 17.9 Å². The molecule has 0 bridgehead atoms. The number of halogens is 1. The van der Waals surface area contributed by atoms with Crippen molar-refractivity contribution in [1.29, 1.82) is 0 Å². The van der Waals surface area contributed by atoms with Crippen molar-refractivity contribution in [3.63, 3.8) is 0 Å². The molecule has 3 aromatic rings. The van der Waals surface area contributed by atoms with Gasteiger partial charge >= 0.3 is 0 Å². The first-order valence-corrected chi connectivity index (χ1v) is 13.1. The minimum atomic E-state index is 0.00971. The molecule has 34 heavy (non-hydrogen) atoms. The van der Waals surface area contributed by atoms with Crippen LogP contribution in [-0.4, -0.2) is 60.1 Å². The van der Waals surface area contributed by atoms with E-state index < -0.39 is 0 Å². The number of carbonyl (C=O) groups is 1. The molecule has 0 radical (unpaired) electrons. The summed E-state index contributed by atoms with van der Waals surface area (Å²) in [5.41, 5.74) is 4.01. The van der Waals surface area contributed by atoms with Crippen molar-refractivity contribution >= 4 is 33.2 Å². The van der Waals surface area contributed by atoms with Crippen LogP contribution in [0.3, 0.4) is 0 Å². The second-order valence-corrected chi connectivity index (χ2v) is 10.3. The molecule has 1 fully saturated rings. The van der Waals surface area contributed by atoms with Crippen LogP contribution in [0.1, 0.15) is 32.2 Å². The van der Waals surface area contributed by atoms with Crippen molar-refractivity contribution in [2.75, 3.05) is 39.4 Å². The minimum Gasteiger partial charge on any atom is -0.486 e. The van der Waals surface area contributed by atoms with E-state index in [9.17, 15) is 4.79 Å². The van der Waals surface area contributed by atoms with E-state index in [-0.39, 0.29) is 5.91 Å². The van der Waals surface area contributed by atoms with E-state index in [1.54, 1.807) is 11.3 Å². The van der Waals surface area contributed by atoms with Crippen molar-refractivity contribution in [3.8, 4) is 5.75 Å². The van der Waals surface area contributed by atoms with Crippen molar-refractivity contribution in [3.05, 3.63) is 79.7 Å². The fourth-order valence-electron chi connectivity index (χ4n) is 3.78. The van der Waals surface area contributed by atoms with Gasteiger partial charge in [-0.25, -0.2) is 4.98 Å². The van der Waals surface area contributed by atoms with E-state index in [0.29, 0.717) is 25.3 Å². The molecular weight excluding hydrogens is 514 g/mol. The molecule has 1 aromatic heterocycles. The predicted octanol–water partition coefficient (Wildman–Crippen LogP) is 5.08. The summed E-state index contributed by atoms with van der Waals surface area (Å²) in [5, 5.41) is 2.92. The van der Waals surface area contributed by atoms with Crippen LogP contribution < -0.4 is 4.74 Å². The van der Waals surface area contributed by atoms with Gasteiger partial charge in [-0.05, 0) is 55.3 Å². The van der Waals surface area contributed by atoms with E-state index in [1.807, 2.05) is 46.7 Å². The number of carbonyl (C=O) groups excluding carboxylic acids is 1. The number of rotatable bonds is 9. The van der Waals surface area contributed by atoms with Gasteiger partial charge in [0.05, 0.1) is 25.5 Å². The highest BCUT2D eigenvalue weighted by molar-refractivity contribution is 9.10. The molecule has 8 heteroatoms. The third-order valence-electron chi connectivity index (χ3n) is 5.94. The number of nitrogens with zero attached hydrogens (tertiary/aromatic N) is 3. The summed E-state index contributed by atoms with van der Waals surface area (Å²) in [6, 6.07) is 13.7. The highest BCUT2D eigenvalue weighted by atomic mass is 79.9. The van der Waals surface area contributed by atoms with Gasteiger partial charge in [-0.15, -0.1) is 11.3 Å². The van der Waals surface area contributed by atoms with E-state index in [1.165, 1.54) is 11.1 Å². The van der Waals surface area contributed by atoms with Gasteiger partial charge in [0.25, 0.3) is 5.91 Å². The van der Waals surface area contributed by atoms with Crippen LogP contribution in [0.25, 0.3) is 0 Å². The monoisotopic (exact) mass is 543 g/mol. The van der Waals surface area contributed by atoms with Crippen molar-refractivity contribution in [2.45, 2.75) is 27.0 Å². The quantitative estimate of drug-likeness (QED) is 0.376. The SMILES string of the molecule is Cc1ccc(OCc2nc(CN(CCN3CCOCC3)C(=O)c3cccc(Br)c3)cs2)cc1C. The fourth-order valence-corrected chi connectivity index (χ4v) is 4.87. The number of amides is 1. The van der Waals surface area contributed by atoms with Gasteiger partial charge in [-0.3, -0.25) is 9.69 Å². The molecule has 180 valence electrons. The molecule has 1 amide bonds. The van der Waals surface area contributed by atoms with Crippen LogP contribution in [0, 0.1) is 13.8 Å². The summed E-state index contributed by atoms with van der Waals surface area (Å²) in [6.07, 6.45) is 0. The maximum Gasteiger partial charge on any atom is 0.254 e. The number of hydrogen-bond donors (Lipinski definition) is 0. The predicted molar refractivity (Wildman–Crippen MR) is 139 cm³/mol. The van der Waals surface area contributed by atoms with Gasteiger partial charge in [0.1, 0.15) is 17.4 Å². The van der Waals surface area contributed by atoms with Gasteiger partial charge in [0.15, 0.2) is 0 Å². The van der Waals surface area contributed by atoms with Crippen LogP contribution in [0.5, 0.6) is 5.75 Å². The zero-order valence-electron chi connectivity index (χ0n) is 19.6. The molecule has 0 saturated carbocycles. The maximum absolute atomic E-state index is 13.4. The first-order chi connectivity index (χ1) is 16.5. The third-order valence-corrected chi connectivity index (χ3v) is 7.31. The smallest absolute Gasteiger partial charge is 0.254 e. The topological polar surface area (TPSA) is 54.9 Å². The van der Waals surface area contributed by atoms with Gasteiger partial charge in [0, 0.05) is 41.6 Å². The summed E-state index contributed by atoms with van der Waals surface area (Å²) >= 11 is 5.04. The number of benzene rings is 2. The number of aryl methyl sites for hydroxylation is 2. The third kappa shape index (κ3) is 6.88. The summed E-state index contributed by atoms with van der Waals surface area (Å²) in [7, 11) is 0. The summed E-state index contributed by atoms with van der Waals surface area (Å²) in [4.78, 5) is 22.3. The fraction of sp³-hybridized carbons (Fsp3) is 0.385. The highest BCUT2D eigenvalue weighted by Crippen LogP contribution is 2.20. The van der Waals surface area contributed by atoms with Crippen molar-refractivity contribution in [2.24, 2.45) is 0 Å². The second kappa shape index (κ2) is 11.9. The Hall–Kier alpha value is -2.26. The van der Waals surface area contributed by atoms with E-state index in [4.69, 9.17) is 14.5 Å². The molecule has 1 aliphatic heterocycles. The van der Waals surface area contributed by atoms with Crippen LogP contribution in [0.4, 0.5) is 0 Å². The van der Waals surface area contributed by atoms with Gasteiger partial charge < -0.3 is 14.4 Å². The summed E-state index contributed by atoms with van der Waals surface area (Å²) in [6.45, 7) is 9.80. The maximum atomic E-state index is 13.4. The number of thiazole rings is 1. The largest absolute Gasteiger partial charge is 0.486 e. The molecule has 1 saturated heterocycles. The van der Waals surface area contributed by atoms with E-state index in [0.717, 1.165) is 53.8 Å². The Labute approximate surface area is 213 Å². The Morgan fingerprint density at radius 1 is 1.18 bits per heavy atom. The van der Waals surface area contributed by atoms with Crippen LogP contribution >= 0.6 is 27.3 Å². The van der Waals surface area contributed by atoms with Crippen LogP contribution in [0.2, 0.25) is 0 Å². The standard InChI is InChI=1S/C26H30BrN3O3S/c1-19-6-7-24(14-20(19)2)33-17-25-28-23(18-34-25)16-30(9-8-29-10-12-32-13-11-29)26(31)21-4-3-5-22(27)15-21/h3-7,14-15,18H,8-13,16-17H2,1-2H3. The Kier molecular flexibility index (Phi) is 8.72. The molecular formula is C26H30BrN3O3S. The van der Waals surface area contributed by atoms with E-state index >= 15 is 0 Å². The Morgan fingerprint density at radius 2 is 2.00 bits per heavy atom. The summed E-state index contributed by atoms with van der Waals surface area (Å²) in [5.74, 6) is 0.854. The van der Waals surface area contributed by atoms with Crippen LogP contribution in [0.15, 0.2) is 52.3 Å². The molecule has 0 N–H and O–H groups in total. The minimum absolute atomic E-state index is 0.00971. The average molecular weight is 545 g/mol. The second-order valence-electron chi connectivity index (χ2n) is 8.46. The molecule has 0 unspecified atom stereocenters. The molecule has 2 aromatic carbocycles. The normalized spacial score (nSPS) is 14.2. The van der Waals surface area contributed by atoms with Crippen molar-refractivity contribution in [1.82, 2.24) is 14.8 Å². The zero-order valence-corrected chi connectivity index (χ0v) is 22.0. The Bertz CT molecular complexity index is 1110. The molecule has 0 atom stereocenters. The molecule has 1 aliphatic rings. The van der Waals surface area contributed by atoms with Gasteiger partial charge in [-0.1, -0.05) is 28.1 Å². The Morgan fingerprint density at radius 3 is 2.76 bits per heavy atom. The highest BCUT2D eigenvalue weighted by Gasteiger charge is 2.20. The molecule has 0 spiro atoms. The lowest BCUT2D eigenvalue weighted by molar-refractivity contribution is 0.0319. The molecule has 2 heterocycles. The molecule has 4 rings (SSSR count). The average Bonchev–Trinajstić information content (AvgIpc) is 3.30. The number of aromatic nitrogens is 1. The first kappa shape index (κ1) is 24.9.